The second-order valence-corrected chi connectivity index (χ2v) is 12.5. The Labute approximate surface area is 269 Å². The highest BCUT2D eigenvalue weighted by atomic mass is 16.3. The van der Waals surface area contributed by atoms with Crippen LogP contribution in [0.3, 0.4) is 0 Å². The van der Waals surface area contributed by atoms with E-state index < -0.39 is 0 Å². The van der Waals surface area contributed by atoms with E-state index in [9.17, 15) is 0 Å². The first-order valence-corrected chi connectivity index (χ1v) is 16.1. The van der Waals surface area contributed by atoms with E-state index in [1.807, 2.05) is 6.07 Å². The first kappa shape index (κ1) is 24.9. The lowest BCUT2D eigenvalue weighted by molar-refractivity contribution is 0.669. The molecule has 218 valence electrons. The van der Waals surface area contributed by atoms with Crippen LogP contribution < -0.4 is 0 Å². The van der Waals surface area contributed by atoms with Crippen LogP contribution in [0.15, 0.2) is 162 Å². The monoisotopic (exact) mass is 598 g/mol. The predicted octanol–water partition coefficient (Wildman–Crippen LogP) is 12.1. The highest BCUT2D eigenvalue weighted by Crippen LogP contribution is 2.46. The third kappa shape index (κ3) is 3.25. The van der Waals surface area contributed by atoms with Gasteiger partial charge < -0.3 is 13.6 Å². The standard InChI is InChI=1S/C44H26N2O/c1-2-13-28(14-3-1)45-37-24-25-40-42(34-19-9-11-21-39(34)47-40)41(37)35-23-22-33-32-18-8-10-20-36(32)46(43(33)44(35)45)38-26-27-12-4-5-15-29(27)30-16-6-7-17-31(30)38/h1-26H. The number of furan rings is 1. The normalized spacial score (nSPS) is 12.3. The van der Waals surface area contributed by atoms with E-state index >= 15 is 0 Å². The Bertz CT molecular complexity index is 3070. The lowest BCUT2D eigenvalue weighted by Gasteiger charge is -2.16. The van der Waals surface area contributed by atoms with Crippen molar-refractivity contribution in [2.45, 2.75) is 0 Å². The molecule has 0 atom stereocenters. The van der Waals surface area contributed by atoms with E-state index in [4.69, 9.17) is 4.42 Å². The van der Waals surface area contributed by atoms with E-state index in [1.54, 1.807) is 0 Å². The van der Waals surface area contributed by atoms with E-state index in [-0.39, 0.29) is 0 Å². The minimum atomic E-state index is 0.909. The van der Waals surface area contributed by atoms with E-state index in [0.29, 0.717) is 0 Å². The summed E-state index contributed by atoms with van der Waals surface area (Å²) in [6.07, 6.45) is 0. The van der Waals surface area contributed by atoms with Gasteiger partial charge in [0.1, 0.15) is 11.2 Å². The van der Waals surface area contributed by atoms with Gasteiger partial charge in [-0.2, -0.15) is 0 Å². The van der Waals surface area contributed by atoms with Crippen LogP contribution in [0.4, 0.5) is 0 Å². The van der Waals surface area contributed by atoms with Crippen LogP contribution in [0.1, 0.15) is 0 Å². The molecule has 0 saturated carbocycles. The molecule has 0 radical (unpaired) electrons. The summed E-state index contributed by atoms with van der Waals surface area (Å²) in [5.74, 6) is 0. The van der Waals surface area contributed by atoms with Crippen molar-refractivity contribution in [3.8, 4) is 11.4 Å². The minimum Gasteiger partial charge on any atom is -0.456 e. The van der Waals surface area contributed by atoms with Crippen LogP contribution in [0, 0.1) is 0 Å². The summed E-state index contributed by atoms with van der Waals surface area (Å²) in [6, 6.07) is 57.0. The number of para-hydroxylation sites is 3. The lowest BCUT2D eigenvalue weighted by Crippen LogP contribution is -1.99. The highest BCUT2D eigenvalue weighted by Gasteiger charge is 2.24. The van der Waals surface area contributed by atoms with Crippen LogP contribution in [0.25, 0.3) is 98.5 Å². The molecule has 0 aliphatic carbocycles. The number of hydrogen-bond donors (Lipinski definition) is 0. The first-order chi connectivity index (χ1) is 23.3. The number of hydrogen-bond acceptors (Lipinski definition) is 1. The van der Waals surface area contributed by atoms with Gasteiger partial charge in [0, 0.05) is 43.4 Å². The van der Waals surface area contributed by atoms with E-state index in [2.05, 4.69) is 161 Å². The molecular formula is C44H26N2O. The van der Waals surface area contributed by atoms with Gasteiger partial charge in [0.05, 0.1) is 27.8 Å². The molecule has 47 heavy (non-hydrogen) atoms. The fourth-order valence-electron chi connectivity index (χ4n) is 8.17. The van der Waals surface area contributed by atoms with Crippen molar-refractivity contribution in [3.05, 3.63) is 158 Å². The van der Waals surface area contributed by atoms with Gasteiger partial charge in [-0.1, -0.05) is 115 Å². The second-order valence-electron chi connectivity index (χ2n) is 12.5. The summed E-state index contributed by atoms with van der Waals surface area (Å²) in [5.41, 5.74) is 8.88. The van der Waals surface area contributed by atoms with Crippen LogP contribution in [-0.4, -0.2) is 9.13 Å². The first-order valence-electron chi connectivity index (χ1n) is 16.1. The van der Waals surface area contributed by atoms with Gasteiger partial charge in [0.2, 0.25) is 0 Å². The molecular weight excluding hydrogens is 572 g/mol. The average Bonchev–Trinajstić information content (AvgIpc) is 3.79. The molecule has 0 aliphatic heterocycles. The molecule has 11 aromatic rings. The number of rotatable bonds is 2. The zero-order valence-electron chi connectivity index (χ0n) is 25.3. The van der Waals surface area contributed by atoms with E-state index in [1.165, 1.54) is 65.3 Å². The SMILES string of the molecule is c1ccc(-n2c3ccc4oc5ccccc5c4c3c3ccc4c5ccccc5n(-c5cc6ccccc6c6ccccc56)c4c32)cc1. The summed E-state index contributed by atoms with van der Waals surface area (Å²) in [4.78, 5) is 0. The molecule has 0 fully saturated rings. The molecule has 3 aromatic heterocycles. The smallest absolute Gasteiger partial charge is 0.136 e. The molecule has 0 saturated heterocycles. The molecule has 0 N–H and O–H groups in total. The molecule has 0 spiro atoms. The Kier molecular flexibility index (Phi) is 4.84. The van der Waals surface area contributed by atoms with E-state index in [0.717, 1.165) is 33.1 Å². The highest BCUT2D eigenvalue weighted by molar-refractivity contribution is 6.32. The van der Waals surface area contributed by atoms with Crippen LogP contribution >= 0.6 is 0 Å². The number of fused-ring (bicyclic) bond motifs is 14. The van der Waals surface area contributed by atoms with Gasteiger partial charge in [-0.05, 0) is 58.6 Å². The molecule has 3 nitrogen and oxygen atoms in total. The molecule has 0 aliphatic rings. The van der Waals surface area contributed by atoms with Crippen LogP contribution in [-0.2, 0) is 0 Å². The Hall–Kier alpha value is -6.32. The fraction of sp³-hybridized carbons (Fsp3) is 0. The number of nitrogens with zero attached hydrogens (tertiary/aromatic N) is 2. The maximum atomic E-state index is 6.43. The fourth-order valence-corrected chi connectivity index (χ4v) is 8.17. The lowest BCUT2D eigenvalue weighted by atomic mass is 10.00. The summed E-state index contributed by atoms with van der Waals surface area (Å²) in [6.45, 7) is 0. The van der Waals surface area contributed by atoms with Crippen molar-refractivity contribution in [1.29, 1.82) is 0 Å². The molecule has 3 heteroatoms. The molecule has 0 amide bonds. The predicted molar refractivity (Wildman–Crippen MR) is 197 cm³/mol. The summed E-state index contributed by atoms with van der Waals surface area (Å²) >= 11 is 0. The van der Waals surface area contributed by atoms with Crippen LogP contribution in [0.2, 0.25) is 0 Å². The largest absolute Gasteiger partial charge is 0.456 e. The van der Waals surface area contributed by atoms with Gasteiger partial charge in [-0.3, -0.25) is 0 Å². The van der Waals surface area contributed by atoms with Gasteiger partial charge in [0.15, 0.2) is 0 Å². The van der Waals surface area contributed by atoms with Gasteiger partial charge in [-0.25, -0.2) is 0 Å². The Morgan fingerprint density at radius 1 is 0.362 bits per heavy atom. The Morgan fingerprint density at radius 3 is 1.89 bits per heavy atom. The maximum Gasteiger partial charge on any atom is 0.136 e. The third-order valence-corrected chi connectivity index (χ3v) is 10.1. The summed E-state index contributed by atoms with van der Waals surface area (Å²) in [7, 11) is 0. The van der Waals surface area contributed by atoms with Crippen molar-refractivity contribution < 1.29 is 4.42 Å². The molecule has 8 aromatic carbocycles. The van der Waals surface area contributed by atoms with Crippen molar-refractivity contribution in [2.75, 3.05) is 0 Å². The topological polar surface area (TPSA) is 23.0 Å². The second kappa shape index (κ2) is 9.12. The van der Waals surface area contributed by atoms with Crippen molar-refractivity contribution >= 4 is 87.1 Å². The maximum absolute atomic E-state index is 6.43. The third-order valence-electron chi connectivity index (χ3n) is 10.1. The van der Waals surface area contributed by atoms with Crippen LogP contribution in [0.5, 0.6) is 0 Å². The molecule has 11 rings (SSSR count). The Morgan fingerprint density at radius 2 is 1.02 bits per heavy atom. The zero-order chi connectivity index (χ0) is 30.6. The zero-order valence-corrected chi connectivity index (χ0v) is 25.3. The summed E-state index contributed by atoms with van der Waals surface area (Å²) in [5, 5.41) is 12.2. The Balaban J connectivity index is 1.44. The number of benzene rings is 8. The van der Waals surface area contributed by atoms with Crippen molar-refractivity contribution in [3.63, 3.8) is 0 Å². The molecule has 3 heterocycles. The quantitative estimate of drug-likeness (QED) is 0.182. The summed E-state index contributed by atoms with van der Waals surface area (Å²) < 4.78 is 11.4. The van der Waals surface area contributed by atoms with Crippen molar-refractivity contribution in [1.82, 2.24) is 9.13 Å². The van der Waals surface area contributed by atoms with Gasteiger partial charge in [-0.15, -0.1) is 0 Å². The minimum absolute atomic E-state index is 0.909. The van der Waals surface area contributed by atoms with Crippen molar-refractivity contribution in [2.24, 2.45) is 0 Å². The van der Waals surface area contributed by atoms with Gasteiger partial charge in [0.25, 0.3) is 0 Å². The number of aromatic nitrogens is 2. The molecule has 0 unspecified atom stereocenters. The van der Waals surface area contributed by atoms with Gasteiger partial charge >= 0.3 is 0 Å². The average molecular weight is 599 g/mol. The molecule has 0 bridgehead atoms.